The van der Waals surface area contributed by atoms with Crippen molar-refractivity contribution in [1.82, 2.24) is 19.7 Å². The van der Waals surface area contributed by atoms with Crippen molar-refractivity contribution in [3.63, 3.8) is 0 Å². The van der Waals surface area contributed by atoms with Gasteiger partial charge >= 0.3 is 0 Å². The number of H-pyrrole nitrogens is 1. The Balaban J connectivity index is 1.72. The molecule has 0 radical (unpaired) electrons. The maximum Gasteiger partial charge on any atom is 0.252 e. The Labute approximate surface area is 157 Å². The Morgan fingerprint density at radius 2 is 2.22 bits per heavy atom. The van der Waals surface area contributed by atoms with Crippen LogP contribution >= 0.6 is 11.3 Å². The summed E-state index contributed by atoms with van der Waals surface area (Å²) < 4.78 is 6.77. The van der Waals surface area contributed by atoms with Crippen molar-refractivity contribution < 1.29 is 9.21 Å². The van der Waals surface area contributed by atoms with Crippen LogP contribution in [-0.2, 0) is 11.2 Å². The van der Waals surface area contributed by atoms with Gasteiger partial charge in [-0.3, -0.25) is 14.6 Å². The van der Waals surface area contributed by atoms with Gasteiger partial charge in [0.15, 0.2) is 5.76 Å². The third kappa shape index (κ3) is 3.72. The van der Waals surface area contributed by atoms with Gasteiger partial charge in [-0.1, -0.05) is 6.07 Å². The van der Waals surface area contributed by atoms with Gasteiger partial charge < -0.3 is 9.73 Å². The molecular weight excluding hydrogens is 366 g/mol. The minimum Gasteiger partial charge on any atom is -0.463 e. The van der Waals surface area contributed by atoms with E-state index in [0.717, 1.165) is 4.88 Å². The number of hydrogen-bond donors (Lipinski definition) is 2. The number of carbonyl (C=O) groups is 1. The van der Waals surface area contributed by atoms with Gasteiger partial charge in [0.05, 0.1) is 12.7 Å². The van der Waals surface area contributed by atoms with Gasteiger partial charge in [-0.15, -0.1) is 11.3 Å². The normalized spacial score (nSPS) is 10.9. The molecule has 4 aromatic heterocycles. The Bertz CT molecular complexity index is 1130. The van der Waals surface area contributed by atoms with Gasteiger partial charge in [0.1, 0.15) is 11.5 Å². The number of carbonyl (C=O) groups excluding carboxylic acids is 1. The van der Waals surface area contributed by atoms with Crippen LogP contribution in [0.5, 0.6) is 0 Å². The quantitative estimate of drug-likeness (QED) is 0.553. The highest BCUT2D eigenvalue weighted by atomic mass is 32.1. The van der Waals surface area contributed by atoms with E-state index < -0.39 is 0 Å². The number of rotatable bonds is 5. The van der Waals surface area contributed by atoms with Crippen LogP contribution in [-0.4, -0.2) is 25.7 Å². The van der Waals surface area contributed by atoms with Gasteiger partial charge in [0.2, 0.25) is 11.9 Å². The second-order valence-corrected chi connectivity index (χ2v) is 6.85. The minimum absolute atomic E-state index is 0.195. The van der Waals surface area contributed by atoms with Crippen LogP contribution in [0.15, 0.2) is 57.3 Å². The van der Waals surface area contributed by atoms with Crippen molar-refractivity contribution in [2.24, 2.45) is 0 Å². The summed E-state index contributed by atoms with van der Waals surface area (Å²) in [6.45, 7) is 1.71. The number of nitrogens with zero attached hydrogens (tertiary/aromatic N) is 3. The highest BCUT2D eigenvalue weighted by Gasteiger charge is 2.17. The highest BCUT2D eigenvalue weighted by Crippen LogP contribution is 2.24. The Kier molecular flexibility index (Phi) is 4.43. The molecule has 136 valence electrons. The maximum atomic E-state index is 12.4. The van der Waals surface area contributed by atoms with Crippen molar-refractivity contribution in [2.45, 2.75) is 13.3 Å². The molecule has 0 saturated heterocycles. The molecule has 4 heterocycles. The SMILES string of the molecule is Cc1cc(=O)[nH]c(-n2nc(-c3ccco3)cc2NC(=O)Cc2cccs2)n1. The summed E-state index contributed by atoms with van der Waals surface area (Å²) in [4.78, 5) is 32.2. The number of aromatic amines is 1. The van der Waals surface area contributed by atoms with E-state index >= 15 is 0 Å². The summed E-state index contributed by atoms with van der Waals surface area (Å²) in [6.07, 6.45) is 1.78. The lowest BCUT2D eigenvalue weighted by Crippen LogP contribution is -2.19. The van der Waals surface area contributed by atoms with E-state index in [4.69, 9.17) is 4.42 Å². The molecule has 2 N–H and O–H groups in total. The zero-order valence-electron chi connectivity index (χ0n) is 14.3. The molecule has 8 nitrogen and oxygen atoms in total. The summed E-state index contributed by atoms with van der Waals surface area (Å²) in [5, 5.41) is 9.19. The lowest BCUT2D eigenvalue weighted by Gasteiger charge is -2.08. The minimum atomic E-state index is -0.302. The van der Waals surface area contributed by atoms with Gasteiger partial charge in [-0.25, -0.2) is 4.98 Å². The molecule has 0 aromatic carbocycles. The van der Waals surface area contributed by atoms with E-state index in [1.165, 1.54) is 28.3 Å². The summed E-state index contributed by atoms with van der Waals surface area (Å²) in [5.41, 5.74) is 0.749. The molecule has 0 fully saturated rings. The second-order valence-electron chi connectivity index (χ2n) is 5.82. The van der Waals surface area contributed by atoms with Crippen molar-refractivity contribution in [3.8, 4) is 17.4 Å². The van der Waals surface area contributed by atoms with Crippen LogP contribution in [0, 0.1) is 6.92 Å². The molecule has 27 heavy (non-hydrogen) atoms. The Morgan fingerprint density at radius 3 is 2.93 bits per heavy atom. The summed E-state index contributed by atoms with van der Waals surface area (Å²) in [5.74, 6) is 0.943. The predicted octanol–water partition coefficient (Wildman–Crippen LogP) is 2.77. The molecule has 4 rings (SSSR count). The average molecular weight is 381 g/mol. The smallest absolute Gasteiger partial charge is 0.252 e. The molecule has 4 aromatic rings. The molecule has 1 amide bonds. The zero-order valence-corrected chi connectivity index (χ0v) is 15.1. The van der Waals surface area contributed by atoms with E-state index in [-0.39, 0.29) is 23.8 Å². The van der Waals surface area contributed by atoms with Crippen LogP contribution in [0.25, 0.3) is 17.4 Å². The van der Waals surface area contributed by atoms with Crippen LogP contribution in [0.2, 0.25) is 0 Å². The van der Waals surface area contributed by atoms with E-state index in [2.05, 4.69) is 20.4 Å². The van der Waals surface area contributed by atoms with Gasteiger partial charge in [-0.2, -0.15) is 9.78 Å². The van der Waals surface area contributed by atoms with Crippen molar-refractivity contribution >= 4 is 23.1 Å². The Morgan fingerprint density at radius 1 is 1.33 bits per heavy atom. The number of aryl methyl sites for hydroxylation is 1. The Hall–Kier alpha value is -3.46. The number of furan rings is 1. The summed E-state index contributed by atoms with van der Waals surface area (Å²) >= 11 is 1.51. The van der Waals surface area contributed by atoms with Gasteiger partial charge in [0, 0.05) is 22.7 Å². The number of nitrogens with one attached hydrogen (secondary N) is 2. The molecule has 0 aliphatic heterocycles. The van der Waals surface area contributed by atoms with Crippen molar-refractivity contribution in [3.05, 3.63) is 69.0 Å². The van der Waals surface area contributed by atoms with Crippen molar-refractivity contribution in [2.75, 3.05) is 5.32 Å². The van der Waals surface area contributed by atoms with Gasteiger partial charge in [-0.05, 0) is 30.5 Å². The molecule has 0 unspecified atom stereocenters. The van der Waals surface area contributed by atoms with E-state index in [0.29, 0.717) is 23.0 Å². The van der Waals surface area contributed by atoms with E-state index in [1.54, 1.807) is 25.1 Å². The lowest BCUT2D eigenvalue weighted by molar-refractivity contribution is -0.115. The van der Waals surface area contributed by atoms with E-state index in [1.807, 2.05) is 17.5 Å². The fourth-order valence-corrected chi connectivity index (χ4v) is 3.30. The molecule has 0 atom stereocenters. The fourth-order valence-electron chi connectivity index (χ4n) is 2.60. The van der Waals surface area contributed by atoms with Crippen LogP contribution in [0.4, 0.5) is 5.82 Å². The molecule has 0 bridgehead atoms. The maximum absolute atomic E-state index is 12.4. The first-order chi connectivity index (χ1) is 13.1. The molecule has 0 aliphatic carbocycles. The fraction of sp³-hybridized carbons (Fsp3) is 0.111. The third-order valence-corrected chi connectivity index (χ3v) is 4.60. The summed E-state index contributed by atoms with van der Waals surface area (Å²) in [6, 6.07) is 10.4. The monoisotopic (exact) mass is 381 g/mol. The lowest BCUT2D eigenvalue weighted by atomic mass is 10.3. The molecular formula is C18H15N5O3S. The largest absolute Gasteiger partial charge is 0.463 e. The third-order valence-electron chi connectivity index (χ3n) is 3.72. The molecule has 0 aliphatic rings. The highest BCUT2D eigenvalue weighted by molar-refractivity contribution is 7.10. The molecule has 0 saturated carbocycles. The van der Waals surface area contributed by atoms with Gasteiger partial charge in [0.25, 0.3) is 5.56 Å². The van der Waals surface area contributed by atoms with Crippen molar-refractivity contribution in [1.29, 1.82) is 0 Å². The molecule has 9 heteroatoms. The average Bonchev–Trinajstić information content (AvgIpc) is 3.35. The zero-order chi connectivity index (χ0) is 18.8. The molecule has 0 spiro atoms. The first-order valence-electron chi connectivity index (χ1n) is 8.13. The first-order valence-corrected chi connectivity index (χ1v) is 9.01. The van der Waals surface area contributed by atoms with E-state index in [9.17, 15) is 9.59 Å². The number of anilines is 1. The van der Waals surface area contributed by atoms with Crippen LogP contribution in [0.1, 0.15) is 10.6 Å². The number of thiophene rings is 1. The first kappa shape index (κ1) is 17.0. The van der Waals surface area contributed by atoms with Crippen LogP contribution in [0.3, 0.4) is 0 Å². The predicted molar refractivity (Wildman–Crippen MR) is 101 cm³/mol. The number of hydrogen-bond acceptors (Lipinski definition) is 6. The van der Waals surface area contributed by atoms with Crippen LogP contribution < -0.4 is 10.9 Å². The standard InChI is InChI=1S/C18H15N5O3S/c1-11-8-16(24)21-18(19-11)23-15(10-13(22-23)14-5-2-6-26-14)20-17(25)9-12-4-3-7-27-12/h2-8,10H,9H2,1H3,(H,20,25)(H,19,21,24). The summed E-state index contributed by atoms with van der Waals surface area (Å²) in [7, 11) is 0. The number of amides is 1. The topological polar surface area (TPSA) is 106 Å². The second kappa shape index (κ2) is 7.04. The number of aromatic nitrogens is 4.